The molecule has 0 saturated carbocycles. The zero-order valence-electron chi connectivity index (χ0n) is 14.5. The van der Waals surface area contributed by atoms with Crippen molar-refractivity contribution < 1.29 is 37.7 Å². The van der Waals surface area contributed by atoms with Crippen LogP contribution in [0.25, 0.3) is 0 Å². The van der Waals surface area contributed by atoms with Gasteiger partial charge in [-0.1, -0.05) is 6.92 Å². The Balaban J connectivity index is 2.10. The Bertz CT molecular complexity index is 777. The number of hydrogen-bond donors (Lipinski definition) is 2. The number of aliphatic hydroxyl groups excluding tert-OH is 1. The predicted octanol–water partition coefficient (Wildman–Crippen LogP) is 3.89. The van der Waals surface area contributed by atoms with E-state index in [1.54, 1.807) is 6.92 Å². The molecule has 0 fully saturated rings. The molecule has 2 atom stereocenters. The molecule has 0 bridgehead atoms. The molecule has 0 aliphatic rings. The van der Waals surface area contributed by atoms with Crippen LogP contribution in [0.15, 0.2) is 42.6 Å². The molecule has 27 heavy (non-hydrogen) atoms. The van der Waals surface area contributed by atoms with Crippen molar-refractivity contribution >= 4 is 5.97 Å². The predicted molar refractivity (Wildman–Crippen MR) is 88.7 cm³/mol. The molecule has 2 N–H and O–H groups in total. The Kier molecular flexibility index (Phi) is 5.94. The van der Waals surface area contributed by atoms with Crippen LogP contribution in [0.5, 0.6) is 17.4 Å². The van der Waals surface area contributed by atoms with Crippen molar-refractivity contribution in [3.8, 4) is 17.4 Å². The first-order valence-corrected chi connectivity index (χ1v) is 7.98. The standard InChI is InChI=1S/C18H18F3NO5/c1-3-14(23)17(2,16(24)25)27-13-7-5-12(6-8-13)26-15-9-4-11(10-22-15)18(19,20)21/h4-10,14,23H,3H2,1-2H3,(H,24,25). The van der Waals surface area contributed by atoms with Gasteiger partial charge in [-0.25, -0.2) is 9.78 Å². The largest absolute Gasteiger partial charge is 0.478 e. The molecular weight excluding hydrogens is 367 g/mol. The van der Waals surface area contributed by atoms with Crippen LogP contribution in [0.4, 0.5) is 13.2 Å². The van der Waals surface area contributed by atoms with E-state index in [0.29, 0.717) is 6.20 Å². The van der Waals surface area contributed by atoms with Crippen LogP contribution in [0.2, 0.25) is 0 Å². The van der Waals surface area contributed by atoms with Gasteiger partial charge in [-0.2, -0.15) is 13.2 Å². The zero-order valence-corrected chi connectivity index (χ0v) is 14.5. The number of carbonyl (C=O) groups is 1. The average Bonchev–Trinajstić information content (AvgIpc) is 2.62. The van der Waals surface area contributed by atoms with Gasteiger partial charge in [-0.05, 0) is 43.7 Å². The molecule has 0 amide bonds. The van der Waals surface area contributed by atoms with Crippen LogP contribution in [-0.2, 0) is 11.0 Å². The molecular formula is C18H18F3NO5. The van der Waals surface area contributed by atoms with Gasteiger partial charge < -0.3 is 19.7 Å². The number of alkyl halides is 3. The van der Waals surface area contributed by atoms with Crippen molar-refractivity contribution in [1.82, 2.24) is 4.98 Å². The first kappa shape index (κ1) is 20.5. The van der Waals surface area contributed by atoms with Crippen LogP contribution in [0.1, 0.15) is 25.8 Å². The highest BCUT2D eigenvalue weighted by atomic mass is 19.4. The van der Waals surface area contributed by atoms with Crippen molar-refractivity contribution in [3.63, 3.8) is 0 Å². The molecule has 1 aromatic carbocycles. The number of nitrogens with zero attached hydrogens (tertiary/aromatic N) is 1. The highest BCUT2D eigenvalue weighted by Crippen LogP contribution is 2.31. The normalized spacial score (nSPS) is 14.9. The zero-order chi connectivity index (χ0) is 20.2. The Morgan fingerprint density at radius 2 is 1.74 bits per heavy atom. The third kappa shape index (κ3) is 4.88. The van der Waals surface area contributed by atoms with E-state index in [4.69, 9.17) is 9.47 Å². The van der Waals surface area contributed by atoms with E-state index in [-0.39, 0.29) is 23.8 Å². The molecule has 2 aromatic rings. The first-order valence-electron chi connectivity index (χ1n) is 7.98. The summed E-state index contributed by atoms with van der Waals surface area (Å²) < 4.78 is 48.3. The second kappa shape index (κ2) is 7.83. The number of halogens is 3. The van der Waals surface area contributed by atoms with Crippen molar-refractivity contribution in [2.75, 3.05) is 0 Å². The van der Waals surface area contributed by atoms with Gasteiger partial charge in [0.1, 0.15) is 17.6 Å². The fourth-order valence-corrected chi connectivity index (χ4v) is 2.19. The molecule has 6 nitrogen and oxygen atoms in total. The van der Waals surface area contributed by atoms with Gasteiger partial charge in [0, 0.05) is 12.3 Å². The number of carboxylic acids is 1. The molecule has 1 aromatic heterocycles. The van der Waals surface area contributed by atoms with Gasteiger partial charge in [0.15, 0.2) is 0 Å². The molecule has 1 heterocycles. The van der Waals surface area contributed by atoms with Crippen molar-refractivity contribution in [2.45, 2.75) is 38.1 Å². The van der Waals surface area contributed by atoms with Crippen LogP contribution in [0.3, 0.4) is 0 Å². The Hall–Kier alpha value is -2.81. The van der Waals surface area contributed by atoms with Gasteiger partial charge in [-0.3, -0.25) is 0 Å². The molecule has 2 unspecified atom stereocenters. The number of hydrogen-bond acceptors (Lipinski definition) is 5. The second-order valence-electron chi connectivity index (χ2n) is 5.89. The van der Waals surface area contributed by atoms with Gasteiger partial charge in [0.05, 0.1) is 5.56 Å². The molecule has 0 aliphatic carbocycles. The number of ether oxygens (including phenoxy) is 2. The Morgan fingerprint density at radius 1 is 1.15 bits per heavy atom. The van der Waals surface area contributed by atoms with E-state index >= 15 is 0 Å². The SMILES string of the molecule is CCC(O)C(C)(Oc1ccc(Oc2ccc(C(F)(F)F)cn2)cc1)C(=O)O. The smallest absolute Gasteiger partial charge is 0.417 e. The molecule has 0 aliphatic heterocycles. The lowest BCUT2D eigenvalue weighted by atomic mass is 9.97. The lowest BCUT2D eigenvalue weighted by molar-refractivity contribution is -0.164. The maximum absolute atomic E-state index is 12.5. The summed E-state index contributed by atoms with van der Waals surface area (Å²) in [6, 6.07) is 7.66. The Morgan fingerprint density at radius 3 is 2.19 bits per heavy atom. The molecule has 0 spiro atoms. The number of rotatable bonds is 7. The van der Waals surface area contributed by atoms with E-state index in [2.05, 4.69) is 4.98 Å². The van der Waals surface area contributed by atoms with Gasteiger partial charge in [0.2, 0.25) is 11.5 Å². The Labute approximate surface area is 153 Å². The fraction of sp³-hybridized carbons (Fsp3) is 0.333. The minimum Gasteiger partial charge on any atom is -0.478 e. The maximum atomic E-state index is 12.5. The van der Waals surface area contributed by atoms with Crippen molar-refractivity contribution in [2.24, 2.45) is 0 Å². The molecule has 0 saturated heterocycles. The van der Waals surface area contributed by atoms with Crippen molar-refractivity contribution in [3.05, 3.63) is 48.2 Å². The average molecular weight is 385 g/mol. The molecule has 2 rings (SSSR count). The minimum absolute atomic E-state index is 0.0338. The van der Waals surface area contributed by atoms with Gasteiger partial charge in [0.25, 0.3) is 0 Å². The summed E-state index contributed by atoms with van der Waals surface area (Å²) in [4.78, 5) is 15.0. The van der Waals surface area contributed by atoms with E-state index in [0.717, 1.165) is 12.1 Å². The third-order valence-corrected chi connectivity index (χ3v) is 3.89. The topological polar surface area (TPSA) is 88.9 Å². The summed E-state index contributed by atoms with van der Waals surface area (Å²) in [5.41, 5.74) is -2.72. The quantitative estimate of drug-likeness (QED) is 0.752. The lowest BCUT2D eigenvalue weighted by Gasteiger charge is -2.30. The van der Waals surface area contributed by atoms with Gasteiger partial charge >= 0.3 is 12.1 Å². The number of aromatic nitrogens is 1. The first-order chi connectivity index (χ1) is 12.6. The van der Waals surface area contributed by atoms with Crippen LogP contribution < -0.4 is 9.47 Å². The van der Waals surface area contributed by atoms with Crippen molar-refractivity contribution in [1.29, 1.82) is 0 Å². The fourth-order valence-electron chi connectivity index (χ4n) is 2.19. The summed E-state index contributed by atoms with van der Waals surface area (Å²) in [5.74, 6) is -0.901. The summed E-state index contributed by atoms with van der Waals surface area (Å²) in [6.45, 7) is 2.89. The van der Waals surface area contributed by atoms with E-state index in [1.807, 2.05) is 0 Å². The molecule has 9 heteroatoms. The maximum Gasteiger partial charge on any atom is 0.417 e. The lowest BCUT2D eigenvalue weighted by Crippen LogP contribution is -2.51. The van der Waals surface area contributed by atoms with Crippen LogP contribution in [0, 0.1) is 0 Å². The molecule has 0 radical (unpaired) electrons. The third-order valence-electron chi connectivity index (χ3n) is 3.89. The van der Waals surface area contributed by atoms with E-state index in [9.17, 15) is 28.2 Å². The van der Waals surface area contributed by atoms with Gasteiger partial charge in [-0.15, -0.1) is 0 Å². The number of benzene rings is 1. The number of pyridine rings is 1. The second-order valence-corrected chi connectivity index (χ2v) is 5.89. The van der Waals surface area contributed by atoms with E-state index < -0.39 is 29.4 Å². The van der Waals surface area contributed by atoms with E-state index in [1.165, 1.54) is 31.2 Å². The number of aliphatic carboxylic acids is 1. The summed E-state index contributed by atoms with van der Waals surface area (Å²) in [5, 5.41) is 19.2. The summed E-state index contributed by atoms with van der Waals surface area (Å²) >= 11 is 0. The summed E-state index contributed by atoms with van der Waals surface area (Å²) in [7, 11) is 0. The number of aliphatic hydroxyl groups is 1. The monoisotopic (exact) mass is 385 g/mol. The van der Waals surface area contributed by atoms with Crippen LogP contribution >= 0.6 is 0 Å². The highest BCUT2D eigenvalue weighted by molar-refractivity contribution is 5.78. The molecule has 146 valence electrons. The summed E-state index contributed by atoms with van der Waals surface area (Å²) in [6.07, 6.45) is -4.85. The minimum atomic E-state index is -4.48. The highest BCUT2D eigenvalue weighted by Gasteiger charge is 2.42. The number of carboxylic acid groups (broad SMARTS) is 1. The van der Waals surface area contributed by atoms with Crippen LogP contribution in [-0.4, -0.2) is 32.9 Å².